The van der Waals surface area contributed by atoms with Gasteiger partial charge in [0.05, 0.1) is 29.6 Å². The normalized spacial score (nSPS) is 16.5. The molecule has 258 valence electrons. The van der Waals surface area contributed by atoms with E-state index in [-0.39, 0.29) is 17.1 Å². The third-order valence-corrected chi connectivity index (χ3v) is 7.13. The van der Waals surface area contributed by atoms with Crippen molar-refractivity contribution in [2.24, 2.45) is 0 Å². The first-order valence-corrected chi connectivity index (χ1v) is 14.4. The molecule has 0 radical (unpaired) electrons. The molecule has 0 fully saturated rings. The van der Waals surface area contributed by atoms with Crippen LogP contribution in [0.4, 0.5) is 36.8 Å². The largest absolute Gasteiger partial charge is 0.455 e. The number of fused-ring (bicyclic) bond motifs is 1. The lowest BCUT2D eigenvalue weighted by atomic mass is 9.96. The second-order valence-electron chi connectivity index (χ2n) is 12.6. The molecular weight excluding hydrogens is 664 g/mol. The standard InChI is InChI=1S/C30H27F6N9O4/c1-27(2,3)49-26(47)38-20-12-29(32,33)18-11-19(31)17(22-39-41-25(48-22)28(4,5)14-37)10-21(18)44(23(20)46)13-15-6-8-16(9-7-15)45-42-24(40-43-45)30(34,35)36/h6-11,20H,12-13H2,1-5H3,(H,38,47)/t20-/m1/s1. The van der Waals surface area contributed by atoms with Gasteiger partial charge in [0, 0.05) is 12.0 Å². The van der Waals surface area contributed by atoms with Gasteiger partial charge in [-0.25, -0.2) is 18.0 Å². The van der Waals surface area contributed by atoms with Crippen molar-refractivity contribution in [2.75, 3.05) is 4.90 Å². The Morgan fingerprint density at radius 2 is 1.78 bits per heavy atom. The van der Waals surface area contributed by atoms with Gasteiger partial charge in [0.1, 0.15) is 22.9 Å². The minimum Gasteiger partial charge on any atom is -0.444 e. The maximum Gasteiger partial charge on any atom is 0.455 e. The number of nitriles is 1. The summed E-state index contributed by atoms with van der Waals surface area (Å²) in [6.07, 6.45) is -7.24. The van der Waals surface area contributed by atoms with E-state index in [0.717, 1.165) is 11.0 Å². The van der Waals surface area contributed by atoms with E-state index >= 15 is 13.2 Å². The monoisotopic (exact) mass is 691 g/mol. The molecule has 1 N–H and O–H groups in total. The number of hydrogen-bond acceptors (Lipinski definition) is 10. The van der Waals surface area contributed by atoms with Crippen LogP contribution in [-0.4, -0.2) is 54.0 Å². The van der Waals surface area contributed by atoms with Gasteiger partial charge in [0.25, 0.3) is 17.6 Å². The zero-order chi connectivity index (χ0) is 36.1. The van der Waals surface area contributed by atoms with E-state index in [1.807, 2.05) is 6.07 Å². The van der Waals surface area contributed by atoms with Gasteiger partial charge in [-0.15, -0.1) is 25.2 Å². The molecule has 0 spiro atoms. The minimum atomic E-state index is -4.84. The Bertz CT molecular complexity index is 1940. The van der Waals surface area contributed by atoms with Crippen molar-refractivity contribution in [3.63, 3.8) is 0 Å². The molecular formula is C30H27F6N9O4. The number of ether oxygens (including phenoxy) is 1. The Kier molecular flexibility index (Phi) is 8.64. The predicted octanol–water partition coefficient (Wildman–Crippen LogP) is 5.59. The molecule has 0 aliphatic carbocycles. The molecule has 1 atom stereocenters. The number of carbonyl (C=O) groups excluding carboxylic acids is 2. The van der Waals surface area contributed by atoms with Crippen LogP contribution < -0.4 is 10.2 Å². The first-order valence-electron chi connectivity index (χ1n) is 14.4. The molecule has 2 aromatic heterocycles. The number of tetrazole rings is 1. The highest BCUT2D eigenvalue weighted by Gasteiger charge is 2.47. The summed E-state index contributed by atoms with van der Waals surface area (Å²) in [5.41, 5.74) is -3.78. The lowest BCUT2D eigenvalue weighted by molar-refractivity contribution is -0.145. The fourth-order valence-electron chi connectivity index (χ4n) is 4.72. The quantitative estimate of drug-likeness (QED) is 0.252. The number of amides is 2. The molecule has 2 aromatic carbocycles. The van der Waals surface area contributed by atoms with E-state index in [0.29, 0.717) is 10.9 Å². The maximum absolute atomic E-state index is 15.9. The van der Waals surface area contributed by atoms with Crippen LogP contribution >= 0.6 is 0 Å². The zero-order valence-electron chi connectivity index (χ0n) is 26.4. The molecule has 5 rings (SSSR count). The second-order valence-corrected chi connectivity index (χ2v) is 12.6. The summed E-state index contributed by atoms with van der Waals surface area (Å²) >= 11 is 0. The number of benzene rings is 2. The number of anilines is 1. The van der Waals surface area contributed by atoms with Gasteiger partial charge < -0.3 is 19.4 Å². The fraction of sp³-hybridized carbons (Fsp3) is 0.400. The fourth-order valence-corrected chi connectivity index (χ4v) is 4.72. The third-order valence-electron chi connectivity index (χ3n) is 7.13. The van der Waals surface area contributed by atoms with Gasteiger partial charge in [-0.1, -0.05) is 12.1 Å². The molecule has 0 saturated heterocycles. The van der Waals surface area contributed by atoms with Crippen LogP contribution in [0.15, 0.2) is 40.8 Å². The van der Waals surface area contributed by atoms with Crippen LogP contribution in [0.3, 0.4) is 0 Å². The summed E-state index contributed by atoms with van der Waals surface area (Å²) in [5, 5.41) is 28.8. The van der Waals surface area contributed by atoms with Gasteiger partial charge in [0.2, 0.25) is 11.8 Å². The summed E-state index contributed by atoms with van der Waals surface area (Å²) < 4.78 is 96.9. The van der Waals surface area contributed by atoms with Gasteiger partial charge in [-0.2, -0.15) is 18.4 Å². The van der Waals surface area contributed by atoms with E-state index in [1.54, 1.807) is 0 Å². The molecule has 2 amide bonds. The molecule has 0 saturated carbocycles. The highest BCUT2D eigenvalue weighted by molar-refractivity contribution is 6.00. The smallest absolute Gasteiger partial charge is 0.444 e. The van der Waals surface area contributed by atoms with Crippen molar-refractivity contribution < 1.29 is 45.1 Å². The summed E-state index contributed by atoms with van der Waals surface area (Å²) in [6.45, 7) is 7.10. The first kappa shape index (κ1) is 34.8. The molecule has 0 bridgehead atoms. The SMILES string of the molecule is CC(C)(C)OC(=O)N[C@@H]1CC(F)(F)c2cc(F)c(-c3nnc(C(C)(C)C#N)o3)cc2N(Cc2ccc(-n3nnc(C(F)(F)F)n3)cc2)C1=O. The number of nitrogens with one attached hydrogen (secondary N) is 1. The van der Waals surface area contributed by atoms with Gasteiger partial charge in [-0.05, 0) is 69.7 Å². The Morgan fingerprint density at radius 1 is 1.10 bits per heavy atom. The Morgan fingerprint density at radius 3 is 2.37 bits per heavy atom. The lowest BCUT2D eigenvalue weighted by Gasteiger charge is -2.27. The minimum absolute atomic E-state index is 0.0576. The van der Waals surface area contributed by atoms with Crippen molar-refractivity contribution in [1.29, 1.82) is 5.26 Å². The van der Waals surface area contributed by atoms with E-state index in [4.69, 9.17) is 9.15 Å². The molecule has 49 heavy (non-hydrogen) atoms. The molecule has 1 aliphatic heterocycles. The number of alkyl halides is 5. The van der Waals surface area contributed by atoms with Crippen molar-refractivity contribution in [3.8, 4) is 23.2 Å². The summed E-state index contributed by atoms with van der Waals surface area (Å²) in [4.78, 5) is 28.1. The van der Waals surface area contributed by atoms with E-state index in [9.17, 15) is 28.0 Å². The van der Waals surface area contributed by atoms with Crippen molar-refractivity contribution >= 4 is 17.7 Å². The number of aromatic nitrogens is 6. The summed E-state index contributed by atoms with van der Waals surface area (Å²) in [5.74, 6) is -8.19. The lowest BCUT2D eigenvalue weighted by Crippen LogP contribution is -2.49. The van der Waals surface area contributed by atoms with Crippen molar-refractivity contribution in [1.82, 2.24) is 35.7 Å². The molecule has 0 unspecified atom stereocenters. The molecule has 4 aromatic rings. The van der Waals surface area contributed by atoms with Crippen molar-refractivity contribution in [3.05, 3.63) is 65.1 Å². The van der Waals surface area contributed by atoms with Crippen LogP contribution in [-0.2, 0) is 33.6 Å². The van der Waals surface area contributed by atoms with Crippen LogP contribution in [0.2, 0.25) is 0 Å². The van der Waals surface area contributed by atoms with E-state index < -0.39 is 88.5 Å². The van der Waals surface area contributed by atoms with Gasteiger partial charge in [-0.3, -0.25) is 4.79 Å². The van der Waals surface area contributed by atoms with Crippen LogP contribution in [0.1, 0.15) is 63.9 Å². The van der Waals surface area contributed by atoms with Crippen LogP contribution in [0.5, 0.6) is 0 Å². The number of carbonyl (C=O) groups is 2. The number of halogens is 6. The van der Waals surface area contributed by atoms with Gasteiger partial charge >= 0.3 is 12.3 Å². The zero-order valence-corrected chi connectivity index (χ0v) is 26.4. The summed E-state index contributed by atoms with van der Waals surface area (Å²) in [7, 11) is 0. The highest BCUT2D eigenvalue weighted by atomic mass is 19.4. The molecule has 3 heterocycles. The molecule has 1 aliphatic rings. The summed E-state index contributed by atoms with van der Waals surface area (Å²) in [6, 6.07) is 6.90. The Hall–Kier alpha value is -5.54. The average molecular weight is 692 g/mol. The van der Waals surface area contributed by atoms with Crippen molar-refractivity contribution in [2.45, 2.75) is 76.7 Å². The number of hydrogen-bond donors (Lipinski definition) is 1. The molecule has 13 nitrogen and oxygen atoms in total. The number of alkyl carbamates (subject to hydrolysis) is 1. The Labute approximate surface area is 273 Å². The highest BCUT2D eigenvalue weighted by Crippen LogP contribution is 2.45. The molecule has 19 heteroatoms. The average Bonchev–Trinajstić information content (AvgIpc) is 3.69. The first-order chi connectivity index (χ1) is 22.7. The van der Waals surface area contributed by atoms with Gasteiger partial charge in [0.15, 0.2) is 0 Å². The Balaban J connectivity index is 1.58. The maximum atomic E-state index is 15.9. The number of rotatable bonds is 6. The second kappa shape index (κ2) is 12.2. The predicted molar refractivity (Wildman–Crippen MR) is 155 cm³/mol. The number of nitrogens with zero attached hydrogens (tertiary/aromatic N) is 8. The topological polar surface area (TPSA) is 165 Å². The van der Waals surface area contributed by atoms with E-state index in [1.165, 1.54) is 58.9 Å². The van der Waals surface area contributed by atoms with Crippen LogP contribution in [0.25, 0.3) is 17.1 Å². The van der Waals surface area contributed by atoms with Crippen LogP contribution in [0, 0.1) is 17.1 Å². The third kappa shape index (κ3) is 7.32. The van der Waals surface area contributed by atoms with E-state index in [2.05, 4.69) is 30.9 Å².